The van der Waals surface area contributed by atoms with Gasteiger partial charge in [0.2, 0.25) is 5.76 Å². The van der Waals surface area contributed by atoms with Crippen LogP contribution >= 0.6 is 0 Å². The highest BCUT2D eigenvalue weighted by Gasteiger charge is 2.14. The van der Waals surface area contributed by atoms with Crippen LogP contribution < -0.4 is 10.1 Å². The molecule has 0 aliphatic carbocycles. The van der Waals surface area contributed by atoms with E-state index < -0.39 is 0 Å². The number of ether oxygens (including phenoxy) is 1. The Morgan fingerprint density at radius 3 is 3.00 bits per heavy atom. The largest absolute Gasteiger partial charge is 0.479 e. The summed E-state index contributed by atoms with van der Waals surface area (Å²) in [5.41, 5.74) is 0. The van der Waals surface area contributed by atoms with E-state index in [0.29, 0.717) is 5.88 Å². The lowest BCUT2D eigenvalue weighted by molar-refractivity contribution is 0.0901. The number of rotatable bonds is 4. The summed E-state index contributed by atoms with van der Waals surface area (Å²) in [7, 11) is 1.47. The fourth-order valence-electron chi connectivity index (χ4n) is 0.859. The predicted molar refractivity (Wildman–Crippen MR) is 50.3 cm³/mol. The number of nitrogens with zero attached hydrogens (tertiary/aromatic N) is 1. The first-order valence-corrected chi connectivity index (χ1v) is 4.49. The minimum Gasteiger partial charge on any atom is -0.479 e. The van der Waals surface area contributed by atoms with Crippen LogP contribution in [0.25, 0.3) is 0 Å². The molecule has 1 amide bonds. The molecule has 1 aromatic rings. The summed E-state index contributed by atoms with van der Waals surface area (Å²) in [5, 5.41) is 6.29. The molecule has 0 radical (unpaired) electrons. The molecule has 0 aliphatic heterocycles. The molecule has 1 N–H and O–H groups in total. The van der Waals surface area contributed by atoms with Gasteiger partial charge in [0.15, 0.2) is 0 Å². The zero-order valence-electron chi connectivity index (χ0n) is 8.53. The van der Waals surface area contributed by atoms with Gasteiger partial charge in [-0.15, -0.1) is 0 Å². The van der Waals surface area contributed by atoms with Crippen LogP contribution in [0.4, 0.5) is 0 Å². The van der Waals surface area contributed by atoms with Gasteiger partial charge < -0.3 is 14.6 Å². The number of aromatic nitrogens is 1. The quantitative estimate of drug-likeness (QED) is 0.789. The fraction of sp³-hybridized carbons (Fsp3) is 0.556. The van der Waals surface area contributed by atoms with Gasteiger partial charge in [-0.2, -0.15) is 0 Å². The molecule has 1 atom stereocenters. The van der Waals surface area contributed by atoms with Crippen LogP contribution in [0, 0.1) is 0 Å². The van der Waals surface area contributed by atoms with E-state index in [9.17, 15) is 4.79 Å². The minimum absolute atomic E-state index is 0.124. The first kappa shape index (κ1) is 10.6. The minimum atomic E-state index is -0.268. The average molecular weight is 198 g/mol. The number of carbonyl (C=O) groups is 1. The number of amides is 1. The highest BCUT2D eigenvalue weighted by Crippen LogP contribution is 2.10. The summed E-state index contributed by atoms with van der Waals surface area (Å²) in [6.07, 6.45) is 0.872. The highest BCUT2D eigenvalue weighted by atomic mass is 16.5. The second-order valence-electron chi connectivity index (χ2n) is 3.02. The van der Waals surface area contributed by atoms with Crippen molar-refractivity contribution in [2.75, 3.05) is 7.11 Å². The number of hydrogen-bond donors (Lipinski definition) is 1. The van der Waals surface area contributed by atoms with Gasteiger partial charge in [-0.25, -0.2) is 0 Å². The van der Waals surface area contributed by atoms with Gasteiger partial charge in [-0.3, -0.25) is 4.79 Å². The zero-order chi connectivity index (χ0) is 10.6. The van der Waals surface area contributed by atoms with Gasteiger partial charge in [0.1, 0.15) is 0 Å². The van der Waals surface area contributed by atoms with E-state index in [0.717, 1.165) is 6.42 Å². The second kappa shape index (κ2) is 4.64. The van der Waals surface area contributed by atoms with Crippen LogP contribution in [0.3, 0.4) is 0 Å². The van der Waals surface area contributed by atoms with Crippen molar-refractivity contribution in [1.82, 2.24) is 10.5 Å². The van der Waals surface area contributed by atoms with Gasteiger partial charge in [0.25, 0.3) is 11.8 Å². The van der Waals surface area contributed by atoms with Crippen LogP contribution in [-0.2, 0) is 0 Å². The smallest absolute Gasteiger partial charge is 0.290 e. The Hall–Kier alpha value is -1.52. The molecule has 0 spiro atoms. The lowest BCUT2D eigenvalue weighted by Gasteiger charge is -2.08. The second-order valence-corrected chi connectivity index (χ2v) is 3.02. The average Bonchev–Trinajstić information content (AvgIpc) is 2.65. The van der Waals surface area contributed by atoms with Crippen molar-refractivity contribution in [3.05, 3.63) is 11.8 Å². The Morgan fingerprint density at radius 2 is 2.50 bits per heavy atom. The summed E-state index contributed by atoms with van der Waals surface area (Å²) in [6.45, 7) is 3.91. The van der Waals surface area contributed by atoms with E-state index in [4.69, 9.17) is 9.26 Å². The lowest BCUT2D eigenvalue weighted by atomic mass is 10.2. The van der Waals surface area contributed by atoms with Crippen molar-refractivity contribution in [1.29, 1.82) is 0 Å². The number of methoxy groups -OCH3 is 1. The van der Waals surface area contributed by atoms with Crippen molar-refractivity contribution in [2.24, 2.45) is 0 Å². The summed E-state index contributed by atoms with van der Waals surface area (Å²) in [6, 6.07) is 1.58. The van der Waals surface area contributed by atoms with E-state index in [-0.39, 0.29) is 17.7 Å². The summed E-state index contributed by atoms with van der Waals surface area (Å²) < 4.78 is 9.57. The monoisotopic (exact) mass is 198 g/mol. The standard InChI is InChI=1S/C9H14N2O3/c1-4-6(2)10-9(12)7-5-8(13-3)11-14-7/h5-6H,4H2,1-3H3,(H,10,12). The van der Waals surface area contributed by atoms with Crippen molar-refractivity contribution in [3.63, 3.8) is 0 Å². The fourth-order valence-corrected chi connectivity index (χ4v) is 0.859. The van der Waals surface area contributed by atoms with E-state index in [2.05, 4.69) is 10.5 Å². The summed E-state index contributed by atoms with van der Waals surface area (Å²) in [5.74, 6) is 0.205. The molecule has 0 aromatic carbocycles. The predicted octanol–water partition coefficient (Wildman–Crippen LogP) is 1.21. The van der Waals surface area contributed by atoms with Crippen molar-refractivity contribution >= 4 is 5.91 Å². The first-order chi connectivity index (χ1) is 6.67. The molecule has 5 heteroatoms. The molecule has 0 bridgehead atoms. The molecule has 14 heavy (non-hydrogen) atoms. The molecular weight excluding hydrogens is 184 g/mol. The van der Waals surface area contributed by atoms with Crippen LogP contribution in [0.15, 0.2) is 10.6 Å². The van der Waals surface area contributed by atoms with E-state index >= 15 is 0 Å². The maximum atomic E-state index is 11.4. The van der Waals surface area contributed by atoms with Crippen LogP contribution in [0.1, 0.15) is 30.8 Å². The zero-order valence-corrected chi connectivity index (χ0v) is 8.53. The topological polar surface area (TPSA) is 64.4 Å². The van der Waals surface area contributed by atoms with Gasteiger partial charge in [-0.1, -0.05) is 6.92 Å². The van der Waals surface area contributed by atoms with Crippen molar-refractivity contribution in [2.45, 2.75) is 26.3 Å². The Labute approximate surface area is 82.4 Å². The number of nitrogens with one attached hydrogen (secondary N) is 1. The SMILES string of the molecule is CCC(C)NC(=O)c1cc(OC)no1. The third-order valence-electron chi connectivity index (χ3n) is 1.91. The van der Waals surface area contributed by atoms with E-state index in [1.54, 1.807) is 0 Å². The molecule has 0 saturated carbocycles. The molecular formula is C9H14N2O3. The Balaban J connectivity index is 2.60. The van der Waals surface area contributed by atoms with E-state index in [1.807, 2.05) is 13.8 Å². The Morgan fingerprint density at radius 1 is 1.79 bits per heavy atom. The Bertz CT molecular complexity index is 309. The van der Waals surface area contributed by atoms with E-state index in [1.165, 1.54) is 13.2 Å². The number of hydrogen-bond acceptors (Lipinski definition) is 4. The van der Waals surface area contributed by atoms with Crippen molar-refractivity contribution < 1.29 is 14.1 Å². The van der Waals surface area contributed by atoms with Gasteiger partial charge in [0.05, 0.1) is 13.2 Å². The Kier molecular flexibility index (Phi) is 3.50. The first-order valence-electron chi connectivity index (χ1n) is 4.49. The molecule has 78 valence electrons. The molecule has 0 fully saturated rings. The molecule has 1 rings (SSSR count). The molecule has 1 heterocycles. The van der Waals surface area contributed by atoms with Gasteiger partial charge >= 0.3 is 0 Å². The molecule has 0 saturated heterocycles. The molecule has 1 aromatic heterocycles. The molecule has 1 unspecified atom stereocenters. The molecule has 0 aliphatic rings. The van der Waals surface area contributed by atoms with Gasteiger partial charge in [-0.05, 0) is 18.5 Å². The van der Waals surface area contributed by atoms with Crippen LogP contribution in [0.2, 0.25) is 0 Å². The maximum absolute atomic E-state index is 11.4. The third-order valence-corrected chi connectivity index (χ3v) is 1.91. The van der Waals surface area contributed by atoms with Crippen LogP contribution in [0.5, 0.6) is 5.88 Å². The number of carbonyl (C=O) groups excluding carboxylic acids is 1. The van der Waals surface area contributed by atoms with Crippen LogP contribution in [-0.4, -0.2) is 24.2 Å². The third kappa shape index (κ3) is 2.48. The maximum Gasteiger partial charge on any atom is 0.290 e. The summed E-state index contributed by atoms with van der Waals surface area (Å²) >= 11 is 0. The molecule has 5 nitrogen and oxygen atoms in total. The highest BCUT2D eigenvalue weighted by molar-refractivity contribution is 5.91. The summed E-state index contributed by atoms with van der Waals surface area (Å²) in [4.78, 5) is 11.4. The van der Waals surface area contributed by atoms with Crippen molar-refractivity contribution in [3.8, 4) is 5.88 Å². The lowest BCUT2D eigenvalue weighted by Crippen LogP contribution is -2.31. The van der Waals surface area contributed by atoms with Gasteiger partial charge in [0, 0.05) is 6.04 Å². The normalized spacial score (nSPS) is 12.2.